The van der Waals surface area contributed by atoms with Crippen LogP contribution in [0.3, 0.4) is 0 Å². The summed E-state index contributed by atoms with van der Waals surface area (Å²) < 4.78 is 1.06. The van der Waals surface area contributed by atoms with E-state index in [-0.39, 0.29) is 24.9 Å². The number of thiazole rings is 1. The van der Waals surface area contributed by atoms with E-state index in [0.717, 1.165) is 34.2 Å². The Morgan fingerprint density at radius 2 is 1.87 bits per heavy atom. The van der Waals surface area contributed by atoms with E-state index in [0.29, 0.717) is 17.7 Å². The minimum atomic E-state index is -0.0720. The molecule has 7 heteroatoms. The third-order valence-corrected chi connectivity index (χ3v) is 6.13. The topological polar surface area (TPSA) is 65.5 Å². The quantitative estimate of drug-likeness (QED) is 0.605. The highest BCUT2D eigenvalue weighted by Gasteiger charge is 2.25. The highest BCUT2D eigenvalue weighted by atomic mass is 32.1. The molecule has 2 aromatic carbocycles. The number of likely N-dealkylation sites (N-methyl/N-ethyl adjacent to an activating group) is 1. The Bertz CT molecular complexity index is 1050. The normalized spacial score (nSPS) is 13.6. The first-order valence-electron chi connectivity index (χ1n) is 10.2. The number of nitrogens with zero attached hydrogens (tertiary/aromatic N) is 3. The molecule has 2 amide bonds. The van der Waals surface area contributed by atoms with Crippen LogP contribution in [0.4, 0.5) is 5.13 Å². The molecule has 1 aromatic heterocycles. The lowest BCUT2D eigenvalue weighted by atomic mass is 10.2. The molecule has 0 bridgehead atoms. The van der Waals surface area contributed by atoms with Crippen molar-refractivity contribution in [2.24, 2.45) is 0 Å². The maximum Gasteiger partial charge on any atom is 0.243 e. The van der Waals surface area contributed by atoms with Crippen LogP contribution in [0.5, 0.6) is 0 Å². The molecule has 0 saturated heterocycles. The van der Waals surface area contributed by atoms with Gasteiger partial charge in [0.1, 0.15) is 0 Å². The molecule has 6 nitrogen and oxygen atoms in total. The van der Waals surface area contributed by atoms with Gasteiger partial charge in [0.2, 0.25) is 11.8 Å². The van der Waals surface area contributed by atoms with Crippen LogP contribution in [-0.2, 0) is 16.1 Å². The number of benzene rings is 2. The summed E-state index contributed by atoms with van der Waals surface area (Å²) in [5.74, 6) is -0.102. The molecule has 3 aromatic rings. The zero-order valence-electron chi connectivity index (χ0n) is 17.3. The molecular formula is C23H26N4O2S. The van der Waals surface area contributed by atoms with Crippen molar-refractivity contribution in [2.45, 2.75) is 32.4 Å². The van der Waals surface area contributed by atoms with Crippen LogP contribution in [0.25, 0.3) is 10.2 Å². The number of carbonyl (C=O) groups excluding carboxylic acids is 2. The van der Waals surface area contributed by atoms with Crippen molar-refractivity contribution < 1.29 is 9.59 Å². The van der Waals surface area contributed by atoms with Gasteiger partial charge in [-0.1, -0.05) is 53.8 Å². The molecule has 1 heterocycles. The van der Waals surface area contributed by atoms with Crippen molar-refractivity contribution >= 4 is 38.5 Å². The monoisotopic (exact) mass is 422 g/mol. The Morgan fingerprint density at radius 1 is 1.10 bits per heavy atom. The second kappa shape index (κ2) is 8.93. The van der Waals surface area contributed by atoms with Gasteiger partial charge in [0.05, 0.1) is 29.9 Å². The molecule has 1 aliphatic rings. The molecule has 0 atom stereocenters. The molecule has 1 N–H and O–H groups in total. The van der Waals surface area contributed by atoms with E-state index in [9.17, 15) is 9.59 Å². The number of para-hydroxylation sites is 1. The lowest BCUT2D eigenvalue weighted by Crippen LogP contribution is -2.43. The molecule has 1 fully saturated rings. The summed E-state index contributed by atoms with van der Waals surface area (Å²) >= 11 is 1.52. The van der Waals surface area contributed by atoms with E-state index in [1.165, 1.54) is 11.3 Å². The third-order valence-electron chi connectivity index (χ3n) is 5.09. The van der Waals surface area contributed by atoms with Crippen LogP contribution in [0.15, 0.2) is 48.5 Å². The van der Waals surface area contributed by atoms with E-state index in [1.807, 2.05) is 55.5 Å². The predicted octanol–water partition coefficient (Wildman–Crippen LogP) is 3.35. The highest BCUT2D eigenvalue weighted by molar-refractivity contribution is 7.22. The van der Waals surface area contributed by atoms with Crippen molar-refractivity contribution in [1.29, 1.82) is 0 Å². The molecule has 0 spiro atoms. The number of nitrogens with one attached hydrogen (secondary N) is 1. The predicted molar refractivity (Wildman–Crippen MR) is 121 cm³/mol. The van der Waals surface area contributed by atoms with Gasteiger partial charge in [-0.2, -0.15) is 0 Å². The first-order chi connectivity index (χ1) is 14.5. The van der Waals surface area contributed by atoms with Crippen LogP contribution in [-0.4, -0.2) is 47.9 Å². The van der Waals surface area contributed by atoms with E-state index in [1.54, 1.807) is 16.8 Å². The Balaban J connectivity index is 1.53. The number of rotatable bonds is 8. The van der Waals surface area contributed by atoms with Crippen molar-refractivity contribution in [3.8, 4) is 0 Å². The number of aryl methyl sites for hydroxylation is 1. The molecule has 1 saturated carbocycles. The number of hydrogen-bond acceptors (Lipinski definition) is 5. The van der Waals surface area contributed by atoms with Gasteiger partial charge in [-0.3, -0.25) is 19.4 Å². The second-order valence-corrected chi connectivity index (χ2v) is 8.91. The van der Waals surface area contributed by atoms with Gasteiger partial charge < -0.3 is 5.32 Å². The molecule has 0 unspecified atom stereocenters. The van der Waals surface area contributed by atoms with Gasteiger partial charge in [-0.15, -0.1) is 0 Å². The number of fused-ring (bicyclic) bond motifs is 1. The average Bonchev–Trinajstić information content (AvgIpc) is 3.41. The number of aromatic nitrogens is 1. The molecule has 0 aliphatic heterocycles. The first-order valence-corrected chi connectivity index (χ1v) is 11.0. The highest BCUT2D eigenvalue weighted by Crippen LogP contribution is 2.31. The van der Waals surface area contributed by atoms with Crippen molar-refractivity contribution in [3.05, 3.63) is 59.7 Å². The van der Waals surface area contributed by atoms with Crippen LogP contribution in [0.1, 0.15) is 24.0 Å². The van der Waals surface area contributed by atoms with E-state index in [4.69, 9.17) is 4.98 Å². The average molecular weight is 423 g/mol. The van der Waals surface area contributed by atoms with Crippen LogP contribution in [0.2, 0.25) is 0 Å². The largest absolute Gasteiger partial charge is 0.352 e. The summed E-state index contributed by atoms with van der Waals surface area (Å²) in [5, 5.41) is 3.65. The summed E-state index contributed by atoms with van der Waals surface area (Å²) in [6, 6.07) is 16.3. The maximum atomic E-state index is 13.3. The van der Waals surface area contributed by atoms with Crippen molar-refractivity contribution in [2.75, 3.05) is 25.0 Å². The van der Waals surface area contributed by atoms with Crippen LogP contribution < -0.4 is 10.2 Å². The lowest BCUT2D eigenvalue weighted by Gasteiger charge is -2.23. The summed E-state index contributed by atoms with van der Waals surface area (Å²) in [7, 11) is 1.80. The fourth-order valence-corrected chi connectivity index (χ4v) is 4.40. The third kappa shape index (κ3) is 5.04. The van der Waals surface area contributed by atoms with E-state index in [2.05, 4.69) is 5.32 Å². The van der Waals surface area contributed by atoms with Crippen LogP contribution in [0, 0.1) is 6.92 Å². The summed E-state index contributed by atoms with van der Waals surface area (Å²) in [5.41, 5.74) is 3.06. The Kier molecular flexibility index (Phi) is 6.11. The van der Waals surface area contributed by atoms with Crippen LogP contribution >= 0.6 is 11.3 Å². The van der Waals surface area contributed by atoms with Gasteiger partial charge in [-0.05, 0) is 44.0 Å². The fourth-order valence-electron chi connectivity index (χ4n) is 3.34. The Labute approximate surface area is 180 Å². The zero-order chi connectivity index (χ0) is 21.1. The van der Waals surface area contributed by atoms with Crippen molar-refractivity contribution in [1.82, 2.24) is 15.2 Å². The van der Waals surface area contributed by atoms with Gasteiger partial charge in [-0.25, -0.2) is 4.98 Å². The molecule has 30 heavy (non-hydrogen) atoms. The lowest BCUT2D eigenvalue weighted by molar-refractivity contribution is -0.123. The standard InChI is InChI=1S/C23H26N4O2S/c1-16-7-6-10-19-22(16)25-23(30-19)27(13-17-8-4-3-5-9-17)21(29)15-26(2)14-20(28)24-18-11-12-18/h3-10,18H,11-15H2,1-2H3,(H,24,28). The minimum absolute atomic E-state index is 0.0296. The number of amides is 2. The summed E-state index contributed by atoms with van der Waals surface area (Å²) in [6.45, 7) is 2.84. The number of carbonyl (C=O) groups is 2. The SMILES string of the molecule is Cc1cccc2sc(N(Cc3ccccc3)C(=O)CN(C)CC(=O)NC3CC3)nc12. The number of anilines is 1. The molecule has 0 radical (unpaired) electrons. The molecular weight excluding hydrogens is 396 g/mol. The van der Waals surface area contributed by atoms with Gasteiger partial charge in [0, 0.05) is 6.04 Å². The smallest absolute Gasteiger partial charge is 0.243 e. The molecule has 1 aliphatic carbocycles. The van der Waals surface area contributed by atoms with Gasteiger partial charge in [0.25, 0.3) is 0 Å². The maximum absolute atomic E-state index is 13.3. The van der Waals surface area contributed by atoms with E-state index < -0.39 is 0 Å². The minimum Gasteiger partial charge on any atom is -0.352 e. The number of hydrogen-bond donors (Lipinski definition) is 1. The zero-order valence-corrected chi connectivity index (χ0v) is 18.1. The fraction of sp³-hybridized carbons (Fsp3) is 0.348. The first kappa shape index (κ1) is 20.5. The molecule has 4 rings (SSSR count). The second-order valence-electron chi connectivity index (χ2n) is 7.90. The summed E-state index contributed by atoms with van der Waals surface area (Å²) in [4.78, 5) is 33.6. The Hall–Kier alpha value is -2.77. The van der Waals surface area contributed by atoms with Gasteiger partial charge >= 0.3 is 0 Å². The van der Waals surface area contributed by atoms with Gasteiger partial charge in [0.15, 0.2) is 5.13 Å². The van der Waals surface area contributed by atoms with E-state index >= 15 is 0 Å². The molecule has 156 valence electrons. The Morgan fingerprint density at radius 3 is 2.57 bits per heavy atom. The van der Waals surface area contributed by atoms with Crippen molar-refractivity contribution in [3.63, 3.8) is 0 Å². The summed E-state index contributed by atoms with van der Waals surface area (Å²) in [6.07, 6.45) is 2.10.